The van der Waals surface area contributed by atoms with Crippen molar-refractivity contribution in [3.63, 3.8) is 0 Å². The van der Waals surface area contributed by atoms with E-state index in [-0.39, 0.29) is 29.7 Å². The van der Waals surface area contributed by atoms with Gasteiger partial charge in [-0.05, 0) is 37.0 Å². The van der Waals surface area contributed by atoms with Crippen LogP contribution in [0, 0.1) is 16.2 Å². The molecule has 0 spiro atoms. The summed E-state index contributed by atoms with van der Waals surface area (Å²) in [5.74, 6) is -0.134. The lowest BCUT2D eigenvalue weighted by atomic mass is 9.61. The van der Waals surface area contributed by atoms with Crippen molar-refractivity contribution in [2.24, 2.45) is 16.2 Å². The predicted octanol–water partition coefficient (Wildman–Crippen LogP) is 5.33. The highest BCUT2D eigenvalue weighted by Crippen LogP contribution is 2.47. The maximum Gasteiger partial charge on any atom is 0.314 e. The van der Waals surface area contributed by atoms with Crippen LogP contribution >= 0.6 is 0 Å². The Morgan fingerprint density at radius 3 is 1.95 bits per heavy atom. The maximum atomic E-state index is 12.7. The summed E-state index contributed by atoms with van der Waals surface area (Å²) in [6, 6.07) is 0. The Balaban J connectivity index is 2.60. The van der Waals surface area contributed by atoms with Gasteiger partial charge in [0.05, 0.1) is 11.5 Å². The summed E-state index contributed by atoms with van der Waals surface area (Å²) >= 11 is 0. The van der Waals surface area contributed by atoms with Gasteiger partial charge in [-0.1, -0.05) is 60.8 Å². The van der Waals surface area contributed by atoms with Crippen molar-refractivity contribution in [3.8, 4) is 0 Å². The predicted molar refractivity (Wildman–Crippen MR) is 90.6 cm³/mol. The summed E-state index contributed by atoms with van der Waals surface area (Å²) in [5, 5.41) is 0. The molecule has 130 valence electrons. The fourth-order valence-corrected chi connectivity index (χ4v) is 3.28. The summed E-state index contributed by atoms with van der Waals surface area (Å²) in [5.41, 5.74) is -0.589. The van der Waals surface area contributed by atoms with Crippen LogP contribution in [0.15, 0.2) is 0 Å². The van der Waals surface area contributed by atoms with Crippen LogP contribution in [-0.2, 0) is 14.3 Å². The van der Waals surface area contributed by atoms with Gasteiger partial charge in [-0.25, -0.2) is 0 Å². The molecule has 3 heteroatoms. The van der Waals surface area contributed by atoms with E-state index in [1.54, 1.807) is 0 Å². The van der Waals surface area contributed by atoms with Crippen LogP contribution in [0.4, 0.5) is 0 Å². The molecule has 1 saturated carbocycles. The molecule has 0 saturated heterocycles. The molecule has 1 rings (SSSR count). The molecule has 0 amide bonds. The molecule has 0 bridgehead atoms. The minimum absolute atomic E-state index is 0.0747. The molecule has 0 N–H and O–H groups in total. The number of ether oxygens (including phenoxy) is 2. The standard InChI is InChI=1S/C19H36O3/c1-17(2,3)13-19(7,18(4,5)6)16(20)22-14-21-15-11-9-8-10-12-15/h15H,8-14H2,1-7H3. The lowest BCUT2D eigenvalue weighted by Crippen LogP contribution is -2.44. The lowest BCUT2D eigenvalue weighted by molar-refractivity contribution is -0.182. The first-order valence-corrected chi connectivity index (χ1v) is 8.74. The average Bonchev–Trinajstić information content (AvgIpc) is 2.36. The molecule has 1 unspecified atom stereocenters. The van der Waals surface area contributed by atoms with Crippen molar-refractivity contribution in [1.29, 1.82) is 0 Å². The van der Waals surface area contributed by atoms with Gasteiger partial charge < -0.3 is 9.47 Å². The van der Waals surface area contributed by atoms with Crippen molar-refractivity contribution in [3.05, 3.63) is 0 Å². The second-order valence-corrected chi connectivity index (χ2v) is 9.30. The van der Waals surface area contributed by atoms with Crippen molar-refractivity contribution in [1.82, 2.24) is 0 Å². The van der Waals surface area contributed by atoms with Crippen molar-refractivity contribution < 1.29 is 14.3 Å². The van der Waals surface area contributed by atoms with Crippen LogP contribution in [0.3, 0.4) is 0 Å². The van der Waals surface area contributed by atoms with Gasteiger partial charge >= 0.3 is 5.97 Å². The van der Waals surface area contributed by atoms with E-state index in [1.807, 2.05) is 6.92 Å². The number of carbonyl (C=O) groups excluding carboxylic acids is 1. The van der Waals surface area contributed by atoms with Gasteiger partial charge in [-0.15, -0.1) is 0 Å². The Bertz CT molecular complexity index is 356. The SMILES string of the molecule is CC(C)(C)CC(C)(C(=O)OCOC1CCCCC1)C(C)(C)C. The molecule has 1 aliphatic carbocycles. The summed E-state index contributed by atoms with van der Waals surface area (Å²) in [7, 11) is 0. The summed E-state index contributed by atoms with van der Waals surface area (Å²) in [6.45, 7) is 15.0. The fourth-order valence-electron chi connectivity index (χ4n) is 3.28. The Morgan fingerprint density at radius 1 is 0.955 bits per heavy atom. The van der Waals surface area contributed by atoms with Crippen LogP contribution in [0.25, 0.3) is 0 Å². The van der Waals surface area contributed by atoms with Gasteiger partial charge in [0.1, 0.15) is 0 Å². The molecule has 0 aromatic rings. The molecule has 0 aliphatic heterocycles. The van der Waals surface area contributed by atoms with E-state index in [0.29, 0.717) is 0 Å². The molecule has 0 radical (unpaired) electrons. The fraction of sp³-hybridized carbons (Fsp3) is 0.947. The largest absolute Gasteiger partial charge is 0.438 e. The molecular weight excluding hydrogens is 276 g/mol. The monoisotopic (exact) mass is 312 g/mol. The first kappa shape index (κ1) is 19.5. The highest BCUT2D eigenvalue weighted by molar-refractivity contribution is 5.77. The first-order valence-electron chi connectivity index (χ1n) is 8.74. The Hall–Kier alpha value is -0.570. The molecule has 0 heterocycles. The Morgan fingerprint density at radius 2 is 1.50 bits per heavy atom. The molecule has 1 aliphatic rings. The number of esters is 1. The molecule has 1 fully saturated rings. The molecular formula is C19H36O3. The molecule has 3 nitrogen and oxygen atoms in total. The zero-order chi connectivity index (χ0) is 17.0. The van der Waals surface area contributed by atoms with Crippen LogP contribution in [0.1, 0.15) is 87.0 Å². The van der Waals surface area contributed by atoms with Crippen LogP contribution in [-0.4, -0.2) is 18.9 Å². The zero-order valence-electron chi connectivity index (χ0n) is 15.8. The van der Waals surface area contributed by atoms with Crippen LogP contribution in [0.2, 0.25) is 0 Å². The van der Waals surface area contributed by atoms with E-state index in [9.17, 15) is 4.79 Å². The van der Waals surface area contributed by atoms with Crippen molar-refractivity contribution >= 4 is 5.97 Å². The highest BCUT2D eigenvalue weighted by atomic mass is 16.7. The molecule has 1 atom stereocenters. The van der Waals surface area contributed by atoms with Gasteiger partial charge in [0, 0.05) is 0 Å². The number of hydrogen-bond acceptors (Lipinski definition) is 3. The summed E-state index contributed by atoms with van der Waals surface area (Å²) in [6.07, 6.45) is 7.00. The average molecular weight is 312 g/mol. The van der Waals surface area contributed by atoms with E-state index in [0.717, 1.165) is 19.3 Å². The Labute approximate surface area is 137 Å². The first-order chi connectivity index (χ1) is 9.96. The van der Waals surface area contributed by atoms with Gasteiger partial charge in [0.2, 0.25) is 0 Å². The second kappa shape index (κ2) is 7.33. The number of rotatable bonds is 5. The van der Waals surface area contributed by atoms with Crippen molar-refractivity contribution in [2.75, 3.05) is 6.79 Å². The van der Waals surface area contributed by atoms with Gasteiger partial charge in [0.25, 0.3) is 0 Å². The lowest BCUT2D eigenvalue weighted by Gasteiger charge is -2.43. The van der Waals surface area contributed by atoms with E-state index in [4.69, 9.17) is 9.47 Å². The highest BCUT2D eigenvalue weighted by Gasteiger charge is 2.47. The molecule has 22 heavy (non-hydrogen) atoms. The number of carbonyl (C=O) groups is 1. The van der Waals surface area contributed by atoms with E-state index in [2.05, 4.69) is 41.5 Å². The third-order valence-electron chi connectivity index (χ3n) is 5.04. The quantitative estimate of drug-likeness (QED) is 0.509. The second-order valence-electron chi connectivity index (χ2n) is 9.30. The molecule has 0 aromatic carbocycles. The number of hydrogen-bond donors (Lipinski definition) is 0. The third-order valence-corrected chi connectivity index (χ3v) is 5.04. The third kappa shape index (κ3) is 5.57. The Kier molecular flexibility index (Phi) is 6.49. The normalized spacial score (nSPS) is 20.5. The van der Waals surface area contributed by atoms with Crippen molar-refractivity contribution in [2.45, 2.75) is 93.1 Å². The minimum Gasteiger partial charge on any atom is -0.438 e. The smallest absolute Gasteiger partial charge is 0.314 e. The van der Waals surface area contributed by atoms with Crippen LogP contribution < -0.4 is 0 Å². The zero-order valence-corrected chi connectivity index (χ0v) is 15.8. The van der Waals surface area contributed by atoms with E-state index < -0.39 is 5.41 Å². The summed E-state index contributed by atoms with van der Waals surface area (Å²) < 4.78 is 11.3. The van der Waals surface area contributed by atoms with E-state index >= 15 is 0 Å². The minimum atomic E-state index is -0.513. The van der Waals surface area contributed by atoms with Gasteiger partial charge in [-0.2, -0.15) is 0 Å². The molecule has 0 aromatic heterocycles. The van der Waals surface area contributed by atoms with Crippen LogP contribution in [0.5, 0.6) is 0 Å². The van der Waals surface area contributed by atoms with Gasteiger partial charge in [-0.3, -0.25) is 4.79 Å². The van der Waals surface area contributed by atoms with E-state index in [1.165, 1.54) is 19.3 Å². The maximum absolute atomic E-state index is 12.7. The summed E-state index contributed by atoms with van der Waals surface area (Å²) in [4.78, 5) is 12.7. The van der Waals surface area contributed by atoms with Gasteiger partial charge in [0.15, 0.2) is 6.79 Å². The topological polar surface area (TPSA) is 35.5 Å².